The van der Waals surface area contributed by atoms with Gasteiger partial charge < -0.3 is 29.2 Å². The first kappa shape index (κ1) is 27.1. The average molecular weight is 581 g/mol. The lowest BCUT2D eigenvalue weighted by Gasteiger charge is -2.46. The second-order valence-corrected chi connectivity index (χ2v) is 11.6. The van der Waals surface area contributed by atoms with E-state index in [1.807, 2.05) is 4.90 Å². The fraction of sp³-hybridized carbons (Fsp3) is 0.417. The molecule has 2 fully saturated rings. The molecule has 2 unspecified atom stereocenters. The third kappa shape index (κ3) is 5.63. The highest BCUT2D eigenvalue weighted by molar-refractivity contribution is 7.90. The Morgan fingerprint density at radius 1 is 1.10 bits per heavy atom. The summed E-state index contributed by atoms with van der Waals surface area (Å²) in [5.74, 6) is 0.477. The number of anilines is 3. The van der Waals surface area contributed by atoms with Crippen LogP contribution in [0, 0.1) is 17.7 Å². The number of methoxy groups -OCH3 is 2. The predicted molar refractivity (Wildman–Crippen MR) is 139 cm³/mol. The van der Waals surface area contributed by atoms with Crippen LogP contribution in [0.25, 0.3) is 0 Å². The van der Waals surface area contributed by atoms with Gasteiger partial charge in [0.25, 0.3) is 5.88 Å². The maximum absolute atomic E-state index is 14.7. The van der Waals surface area contributed by atoms with Gasteiger partial charge in [0.2, 0.25) is 17.6 Å². The molecule has 2 bridgehead atoms. The number of nitrogens with zero attached hydrogens (tertiary/aromatic N) is 5. The molecule has 0 saturated carbocycles. The number of nitrogens with one attached hydrogen (secondary N) is 1. The van der Waals surface area contributed by atoms with Crippen LogP contribution in [0.2, 0.25) is 5.02 Å². The molecule has 2 saturated heterocycles. The van der Waals surface area contributed by atoms with Gasteiger partial charge >= 0.3 is 0 Å². The Kier molecular flexibility index (Phi) is 7.60. The Hall–Kier alpha value is -3.49. The zero-order valence-corrected chi connectivity index (χ0v) is 22.9. The van der Waals surface area contributed by atoms with Gasteiger partial charge in [-0.2, -0.15) is 9.97 Å². The van der Waals surface area contributed by atoms with Crippen molar-refractivity contribution in [2.45, 2.75) is 11.0 Å². The van der Waals surface area contributed by atoms with Gasteiger partial charge in [-0.3, -0.25) is 0 Å². The van der Waals surface area contributed by atoms with Gasteiger partial charge in [-0.15, -0.1) is 0 Å². The van der Waals surface area contributed by atoms with Gasteiger partial charge in [-0.1, -0.05) is 11.6 Å². The molecule has 0 spiro atoms. The average Bonchev–Trinajstić information content (AvgIpc) is 2.89. The number of fused-ring (bicyclic) bond motifs is 2. The van der Waals surface area contributed by atoms with Gasteiger partial charge in [0.1, 0.15) is 23.3 Å². The second-order valence-electron chi connectivity index (χ2n) is 9.17. The Morgan fingerprint density at radius 2 is 1.85 bits per heavy atom. The van der Waals surface area contributed by atoms with Gasteiger partial charge in [0, 0.05) is 31.2 Å². The number of halogens is 2. The van der Waals surface area contributed by atoms with E-state index in [2.05, 4.69) is 25.3 Å². The number of sulfone groups is 1. The number of benzene rings is 1. The van der Waals surface area contributed by atoms with Crippen molar-refractivity contribution in [3.63, 3.8) is 0 Å². The number of ether oxygens (including phenoxy) is 4. The Balaban J connectivity index is 1.36. The Morgan fingerprint density at radius 3 is 2.49 bits per heavy atom. The van der Waals surface area contributed by atoms with E-state index in [4.69, 9.17) is 30.5 Å². The SMILES string of the molecule is COc1nc(N2CC3COCC(C2)C3Oc2ncnc(Nc3ccc(S(C)(=O)=O)cc3F)c2OC)ncc1Cl. The van der Waals surface area contributed by atoms with Crippen LogP contribution in [0.1, 0.15) is 0 Å². The first-order valence-corrected chi connectivity index (χ1v) is 14.2. The smallest absolute Gasteiger partial charge is 0.262 e. The summed E-state index contributed by atoms with van der Waals surface area (Å²) < 4.78 is 61.1. The maximum atomic E-state index is 14.7. The topological polar surface area (TPSA) is 138 Å². The molecular formula is C24H26ClFN6O6S. The van der Waals surface area contributed by atoms with Crippen LogP contribution in [0.15, 0.2) is 35.6 Å². The third-order valence-corrected chi connectivity index (χ3v) is 7.89. The van der Waals surface area contributed by atoms with E-state index in [1.54, 1.807) is 0 Å². The molecule has 0 aliphatic carbocycles. The van der Waals surface area contributed by atoms with Crippen molar-refractivity contribution < 1.29 is 31.8 Å². The number of piperidine rings is 1. The van der Waals surface area contributed by atoms with Crippen LogP contribution in [0.5, 0.6) is 17.5 Å². The highest BCUT2D eigenvalue weighted by Gasteiger charge is 2.43. The minimum absolute atomic E-state index is 0.0160. The van der Waals surface area contributed by atoms with Gasteiger partial charge in [0.05, 0.1) is 44.2 Å². The van der Waals surface area contributed by atoms with E-state index in [0.717, 1.165) is 12.3 Å². The monoisotopic (exact) mass is 580 g/mol. The van der Waals surface area contributed by atoms with Gasteiger partial charge in [-0.05, 0) is 18.2 Å². The molecule has 5 rings (SSSR count). The maximum Gasteiger partial charge on any atom is 0.262 e. The minimum Gasteiger partial charge on any atom is -0.489 e. The molecule has 2 aliphatic rings. The van der Waals surface area contributed by atoms with E-state index in [9.17, 15) is 12.8 Å². The Labute approximate surface area is 229 Å². The van der Waals surface area contributed by atoms with E-state index in [1.165, 1.54) is 38.9 Å². The first-order valence-electron chi connectivity index (χ1n) is 11.9. The molecule has 4 heterocycles. The lowest BCUT2D eigenvalue weighted by Crippen LogP contribution is -2.58. The molecule has 39 heavy (non-hydrogen) atoms. The minimum atomic E-state index is -3.56. The molecule has 0 amide bonds. The standard InChI is InChI=1S/C24H26ClFN6O6S/c1-35-20-21(30-18-5-4-15(6-17(18)26)39(3,33)34)28-12-29-23(20)38-19-13-8-32(9-14(19)11-37-10-13)24-27-7-16(25)22(31-24)36-2/h4-7,12-14,19H,8-11H2,1-3H3,(H,28,29,30). The molecule has 15 heteroatoms. The second kappa shape index (κ2) is 10.9. The van der Waals surface area contributed by atoms with Crippen LogP contribution in [-0.4, -0.2) is 81.2 Å². The van der Waals surface area contributed by atoms with Crippen LogP contribution in [0.3, 0.4) is 0 Å². The summed E-state index contributed by atoms with van der Waals surface area (Å²) in [5.41, 5.74) is 0.0160. The fourth-order valence-electron chi connectivity index (χ4n) is 4.69. The predicted octanol–water partition coefficient (Wildman–Crippen LogP) is 2.75. The number of rotatable bonds is 8. The molecule has 208 valence electrons. The quantitative estimate of drug-likeness (QED) is 0.419. The lowest BCUT2D eigenvalue weighted by atomic mass is 9.84. The van der Waals surface area contributed by atoms with Crippen molar-refractivity contribution in [1.82, 2.24) is 19.9 Å². The van der Waals surface area contributed by atoms with E-state index in [0.29, 0.717) is 43.2 Å². The molecular weight excluding hydrogens is 555 g/mol. The summed E-state index contributed by atoms with van der Waals surface area (Å²) in [5, 5.41) is 3.17. The summed E-state index contributed by atoms with van der Waals surface area (Å²) in [6, 6.07) is 3.57. The van der Waals surface area contributed by atoms with E-state index < -0.39 is 15.7 Å². The van der Waals surface area contributed by atoms with Crippen molar-refractivity contribution in [3.8, 4) is 17.5 Å². The van der Waals surface area contributed by atoms with Crippen molar-refractivity contribution in [3.05, 3.63) is 41.6 Å². The third-order valence-electron chi connectivity index (χ3n) is 6.52. The molecule has 3 aromatic rings. The highest BCUT2D eigenvalue weighted by atomic mass is 35.5. The van der Waals surface area contributed by atoms with Crippen molar-refractivity contribution in [1.29, 1.82) is 0 Å². The molecule has 1 N–H and O–H groups in total. The van der Waals surface area contributed by atoms with Crippen molar-refractivity contribution >= 4 is 38.9 Å². The largest absolute Gasteiger partial charge is 0.489 e. The molecule has 2 aromatic heterocycles. The van der Waals surface area contributed by atoms with E-state index >= 15 is 0 Å². The Bertz CT molecular complexity index is 1470. The molecule has 2 atom stereocenters. The highest BCUT2D eigenvalue weighted by Crippen LogP contribution is 2.39. The molecule has 1 aromatic carbocycles. The normalized spacial score (nSPS) is 20.8. The number of aromatic nitrogens is 4. The van der Waals surface area contributed by atoms with Crippen molar-refractivity contribution in [2.24, 2.45) is 11.8 Å². The first-order chi connectivity index (χ1) is 18.7. The van der Waals surface area contributed by atoms with Crippen molar-refractivity contribution in [2.75, 3.05) is 57.0 Å². The van der Waals surface area contributed by atoms with Gasteiger partial charge in [-0.25, -0.2) is 22.8 Å². The van der Waals surface area contributed by atoms with Crippen LogP contribution < -0.4 is 24.4 Å². The van der Waals surface area contributed by atoms with Crippen LogP contribution in [-0.2, 0) is 14.6 Å². The molecule has 0 radical (unpaired) electrons. The van der Waals surface area contributed by atoms with Gasteiger partial charge in [0.15, 0.2) is 15.7 Å². The fourth-order valence-corrected chi connectivity index (χ4v) is 5.49. The van der Waals surface area contributed by atoms with E-state index in [-0.39, 0.29) is 46.0 Å². The summed E-state index contributed by atoms with van der Waals surface area (Å²) in [6.07, 6.45) is 3.54. The summed E-state index contributed by atoms with van der Waals surface area (Å²) in [7, 11) is -0.631. The van der Waals surface area contributed by atoms with Crippen LogP contribution >= 0.6 is 11.6 Å². The number of hydrogen-bond donors (Lipinski definition) is 1. The molecule has 2 aliphatic heterocycles. The summed E-state index contributed by atoms with van der Waals surface area (Å²) in [4.78, 5) is 19.1. The lowest BCUT2D eigenvalue weighted by molar-refractivity contribution is -0.0776. The zero-order chi connectivity index (χ0) is 27.7. The number of hydrogen-bond acceptors (Lipinski definition) is 12. The zero-order valence-electron chi connectivity index (χ0n) is 21.3. The summed E-state index contributed by atoms with van der Waals surface area (Å²) in [6.45, 7) is 2.03. The molecule has 12 nitrogen and oxygen atoms in total. The summed E-state index contributed by atoms with van der Waals surface area (Å²) >= 11 is 6.09. The van der Waals surface area contributed by atoms with Crippen LogP contribution in [0.4, 0.5) is 21.8 Å².